The molecule has 7 heteroatoms. The molecule has 7 nitrogen and oxygen atoms in total. The molecule has 3 aromatic rings. The molecule has 0 aliphatic carbocycles. The Morgan fingerprint density at radius 3 is 2.60 bits per heavy atom. The first-order chi connectivity index (χ1) is 14.1. The number of aromatic amines is 1. The van der Waals surface area contributed by atoms with Crippen LogP contribution in [0.25, 0.3) is 10.9 Å². The van der Waals surface area contributed by atoms with Crippen LogP contribution in [0, 0.1) is 19.8 Å². The van der Waals surface area contributed by atoms with Crippen molar-refractivity contribution < 1.29 is 0 Å². The topological polar surface area (TPSA) is 79.7 Å². The average molecular weight is 409 g/mol. The van der Waals surface area contributed by atoms with Crippen molar-refractivity contribution in [3.63, 3.8) is 0 Å². The van der Waals surface area contributed by atoms with Crippen LogP contribution in [-0.4, -0.2) is 43.2 Å². The Hall–Kier alpha value is -2.54. The van der Waals surface area contributed by atoms with Gasteiger partial charge in [-0.05, 0) is 105 Å². The van der Waals surface area contributed by atoms with Crippen LogP contribution in [0.1, 0.15) is 69.1 Å². The van der Waals surface area contributed by atoms with Gasteiger partial charge in [-0.3, -0.25) is 9.69 Å². The molecule has 3 heterocycles. The Morgan fingerprint density at radius 1 is 1.17 bits per heavy atom. The van der Waals surface area contributed by atoms with Crippen molar-refractivity contribution in [1.82, 2.24) is 30.1 Å². The van der Waals surface area contributed by atoms with E-state index in [-0.39, 0.29) is 17.1 Å². The Labute approximate surface area is 177 Å². The van der Waals surface area contributed by atoms with E-state index in [9.17, 15) is 4.79 Å². The molecule has 160 valence electrons. The Kier molecular flexibility index (Phi) is 5.26. The Balaban J connectivity index is 1.92. The van der Waals surface area contributed by atoms with Crippen LogP contribution in [0.3, 0.4) is 0 Å². The highest BCUT2D eigenvalue weighted by Crippen LogP contribution is 2.32. The summed E-state index contributed by atoms with van der Waals surface area (Å²) < 4.78 is 1.86. The molecule has 0 radical (unpaired) electrons. The molecule has 0 amide bonds. The zero-order valence-electron chi connectivity index (χ0n) is 18.9. The lowest BCUT2D eigenvalue weighted by atomic mass is 9.95. The number of fused-ring (bicyclic) bond motifs is 1. The fourth-order valence-electron chi connectivity index (χ4n) is 4.50. The molecule has 1 fully saturated rings. The minimum atomic E-state index is -0.282. The lowest BCUT2D eigenvalue weighted by Crippen LogP contribution is -2.42. The highest BCUT2D eigenvalue weighted by Gasteiger charge is 2.35. The standard InChI is InChI=1S/C23H32N6O/c1-14-8-7-9-28(13-14)20(21-25-26-27-29(21)23(4,5)6)18-12-17-10-15(2)16(3)11-19(17)24-22(18)30/h10-12,14,20H,7-9,13H2,1-6H3,(H,24,30)/t14-,20+/m0/s1. The second kappa shape index (κ2) is 7.61. The molecule has 1 aliphatic heterocycles. The third-order valence-corrected chi connectivity index (χ3v) is 6.21. The molecule has 0 bridgehead atoms. The molecule has 30 heavy (non-hydrogen) atoms. The van der Waals surface area contributed by atoms with Crippen molar-refractivity contribution >= 4 is 10.9 Å². The number of benzene rings is 1. The number of aromatic nitrogens is 5. The van der Waals surface area contributed by atoms with Crippen molar-refractivity contribution in [3.05, 3.63) is 51.1 Å². The number of aryl methyl sites for hydroxylation is 2. The van der Waals surface area contributed by atoms with Crippen molar-refractivity contribution in [1.29, 1.82) is 0 Å². The van der Waals surface area contributed by atoms with Crippen molar-refractivity contribution in [2.45, 2.75) is 66.0 Å². The monoisotopic (exact) mass is 408 g/mol. The smallest absolute Gasteiger partial charge is 0.253 e. The van der Waals surface area contributed by atoms with E-state index in [0.29, 0.717) is 11.5 Å². The lowest BCUT2D eigenvalue weighted by Gasteiger charge is -2.37. The molecule has 2 aromatic heterocycles. The van der Waals surface area contributed by atoms with Gasteiger partial charge >= 0.3 is 0 Å². The van der Waals surface area contributed by atoms with Gasteiger partial charge in [-0.1, -0.05) is 6.92 Å². The van der Waals surface area contributed by atoms with E-state index in [1.54, 1.807) is 0 Å². The van der Waals surface area contributed by atoms with Gasteiger partial charge in [-0.25, -0.2) is 4.68 Å². The highest BCUT2D eigenvalue weighted by atomic mass is 16.1. The first kappa shape index (κ1) is 20.7. The zero-order valence-corrected chi connectivity index (χ0v) is 18.9. The van der Waals surface area contributed by atoms with Crippen molar-refractivity contribution in [2.75, 3.05) is 13.1 Å². The van der Waals surface area contributed by atoms with Crippen LogP contribution in [0.15, 0.2) is 23.0 Å². The number of piperidine rings is 1. The maximum absolute atomic E-state index is 13.3. The van der Waals surface area contributed by atoms with E-state index in [2.05, 4.69) is 73.0 Å². The summed E-state index contributed by atoms with van der Waals surface area (Å²) in [6.45, 7) is 14.5. The number of rotatable bonds is 3. The third-order valence-electron chi connectivity index (χ3n) is 6.21. The van der Waals surface area contributed by atoms with Crippen molar-refractivity contribution in [2.24, 2.45) is 5.92 Å². The van der Waals surface area contributed by atoms with Gasteiger partial charge in [0.05, 0.1) is 5.54 Å². The summed E-state index contributed by atoms with van der Waals surface area (Å²) >= 11 is 0. The Morgan fingerprint density at radius 2 is 1.90 bits per heavy atom. The van der Waals surface area contributed by atoms with E-state index in [1.165, 1.54) is 17.5 Å². The number of tetrazole rings is 1. The number of nitrogens with one attached hydrogen (secondary N) is 1. The molecule has 1 aromatic carbocycles. The fourth-order valence-corrected chi connectivity index (χ4v) is 4.50. The second-order valence-corrected chi connectivity index (χ2v) is 9.84. The van der Waals surface area contributed by atoms with Gasteiger partial charge in [-0.2, -0.15) is 0 Å². The molecule has 4 rings (SSSR count). The van der Waals surface area contributed by atoms with Crippen molar-refractivity contribution in [3.8, 4) is 0 Å². The lowest BCUT2D eigenvalue weighted by molar-refractivity contribution is 0.137. The summed E-state index contributed by atoms with van der Waals surface area (Å²) in [5, 5.41) is 13.7. The van der Waals surface area contributed by atoms with Crippen LogP contribution in [0.2, 0.25) is 0 Å². The second-order valence-electron chi connectivity index (χ2n) is 9.84. The van der Waals surface area contributed by atoms with Gasteiger partial charge in [0.1, 0.15) is 6.04 Å². The third kappa shape index (κ3) is 3.78. The highest BCUT2D eigenvalue weighted by molar-refractivity contribution is 5.81. The Bertz CT molecular complexity index is 1120. The maximum Gasteiger partial charge on any atom is 0.253 e. The van der Waals surface area contributed by atoms with Gasteiger partial charge < -0.3 is 4.98 Å². The van der Waals surface area contributed by atoms with Crippen LogP contribution < -0.4 is 5.56 Å². The van der Waals surface area contributed by atoms with Gasteiger partial charge in [0.2, 0.25) is 0 Å². The van der Waals surface area contributed by atoms with Crippen LogP contribution >= 0.6 is 0 Å². The molecule has 0 unspecified atom stereocenters. The number of H-pyrrole nitrogens is 1. The summed E-state index contributed by atoms with van der Waals surface area (Å²) in [7, 11) is 0. The SMILES string of the molecule is Cc1cc2cc([C@H](c3nnnn3C(C)(C)C)N3CCC[C@H](C)C3)c(=O)[nH]c2cc1C. The zero-order chi connectivity index (χ0) is 21.6. The number of hydrogen-bond acceptors (Lipinski definition) is 5. The summed E-state index contributed by atoms with van der Waals surface area (Å²) in [4.78, 5) is 18.8. The molecule has 0 spiro atoms. The van der Waals surface area contributed by atoms with Gasteiger partial charge in [0.15, 0.2) is 5.82 Å². The van der Waals surface area contributed by atoms with Gasteiger partial charge in [-0.15, -0.1) is 5.10 Å². The first-order valence-electron chi connectivity index (χ1n) is 10.8. The molecule has 1 N–H and O–H groups in total. The van der Waals surface area contributed by atoms with E-state index < -0.39 is 0 Å². The predicted molar refractivity (Wildman–Crippen MR) is 119 cm³/mol. The van der Waals surface area contributed by atoms with E-state index in [1.807, 2.05) is 16.8 Å². The molecular formula is C23H32N6O. The molecule has 1 saturated heterocycles. The quantitative estimate of drug-likeness (QED) is 0.715. The summed E-state index contributed by atoms with van der Waals surface area (Å²) in [5.41, 5.74) is 3.60. The van der Waals surface area contributed by atoms with Gasteiger partial charge in [0.25, 0.3) is 5.56 Å². The number of pyridine rings is 1. The van der Waals surface area contributed by atoms with Gasteiger partial charge in [0, 0.05) is 17.6 Å². The van der Waals surface area contributed by atoms with Crippen LogP contribution in [0.5, 0.6) is 0 Å². The minimum absolute atomic E-state index is 0.0718. The maximum atomic E-state index is 13.3. The molecular weight excluding hydrogens is 376 g/mol. The number of likely N-dealkylation sites (tertiary alicyclic amines) is 1. The number of hydrogen-bond donors (Lipinski definition) is 1. The van der Waals surface area contributed by atoms with E-state index in [0.717, 1.165) is 36.2 Å². The average Bonchev–Trinajstić information content (AvgIpc) is 3.14. The first-order valence-corrected chi connectivity index (χ1v) is 10.8. The summed E-state index contributed by atoms with van der Waals surface area (Å²) in [6.07, 6.45) is 2.32. The van der Waals surface area contributed by atoms with Crippen LogP contribution in [0.4, 0.5) is 0 Å². The number of nitrogens with zero attached hydrogens (tertiary/aromatic N) is 5. The fraction of sp³-hybridized carbons (Fsp3) is 0.565. The summed E-state index contributed by atoms with van der Waals surface area (Å²) in [5.74, 6) is 1.30. The summed E-state index contributed by atoms with van der Waals surface area (Å²) in [6, 6.07) is 5.95. The molecule has 2 atom stereocenters. The molecule has 1 aliphatic rings. The van der Waals surface area contributed by atoms with E-state index in [4.69, 9.17) is 0 Å². The normalized spacial score (nSPS) is 19.3. The minimum Gasteiger partial charge on any atom is -0.322 e. The molecule has 0 saturated carbocycles. The van der Waals surface area contributed by atoms with Crippen LogP contribution in [-0.2, 0) is 5.54 Å². The predicted octanol–water partition coefficient (Wildman–Crippen LogP) is 3.71. The largest absolute Gasteiger partial charge is 0.322 e. The van der Waals surface area contributed by atoms with E-state index >= 15 is 0 Å².